The molecule has 3 heterocycles. The van der Waals surface area contributed by atoms with E-state index in [0.29, 0.717) is 23.1 Å². The van der Waals surface area contributed by atoms with Crippen molar-refractivity contribution in [3.8, 4) is 0 Å². The average Bonchev–Trinajstić information content (AvgIpc) is 3.26. The summed E-state index contributed by atoms with van der Waals surface area (Å²) in [5.41, 5.74) is 1.23. The van der Waals surface area contributed by atoms with Crippen molar-refractivity contribution in [3.63, 3.8) is 0 Å². The molecule has 4 rings (SSSR count). The highest BCUT2D eigenvalue weighted by atomic mass is 32.2. The van der Waals surface area contributed by atoms with Crippen LogP contribution in [0.4, 0.5) is 28.8 Å². The maximum Gasteiger partial charge on any atom is 0.271 e. The van der Waals surface area contributed by atoms with Gasteiger partial charge in [-0.05, 0) is 47.8 Å². The summed E-state index contributed by atoms with van der Waals surface area (Å²) in [6, 6.07) is 17.5. The molecule has 0 spiro atoms. The molecular formula is C19H16N6O2S2. The molecule has 10 heteroatoms. The molecule has 0 radical (unpaired) electrons. The number of hydrogen-bond donors (Lipinski definition) is 3. The van der Waals surface area contributed by atoms with E-state index >= 15 is 0 Å². The number of nitrogens with one attached hydrogen (secondary N) is 3. The third-order valence-electron chi connectivity index (χ3n) is 3.76. The zero-order valence-corrected chi connectivity index (χ0v) is 16.6. The van der Waals surface area contributed by atoms with Crippen LogP contribution in [0.25, 0.3) is 0 Å². The fourth-order valence-corrected chi connectivity index (χ4v) is 4.50. The molecule has 0 atom stereocenters. The smallest absolute Gasteiger partial charge is 0.271 e. The topological polar surface area (TPSA) is 109 Å². The van der Waals surface area contributed by atoms with E-state index in [9.17, 15) is 8.42 Å². The zero-order valence-electron chi connectivity index (χ0n) is 15.0. The van der Waals surface area contributed by atoms with Gasteiger partial charge >= 0.3 is 0 Å². The van der Waals surface area contributed by atoms with Gasteiger partial charge in [-0.15, -0.1) is 11.3 Å². The predicted octanol–water partition coefficient (Wildman–Crippen LogP) is 4.22. The minimum Gasteiger partial charge on any atom is -0.340 e. The summed E-state index contributed by atoms with van der Waals surface area (Å²) >= 11 is 1.17. The van der Waals surface area contributed by atoms with E-state index in [1.54, 1.807) is 54.0 Å². The van der Waals surface area contributed by atoms with Crippen molar-refractivity contribution in [1.29, 1.82) is 0 Å². The quantitative estimate of drug-likeness (QED) is 0.407. The number of anilines is 5. The second-order valence-electron chi connectivity index (χ2n) is 5.87. The van der Waals surface area contributed by atoms with Gasteiger partial charge in [0, 0.05) is 23.6 Å². The van der Waals surface area contributed by atoms with E-state index in [-0.39, 0.29) is 4.21 Å². The van der Waals surface area contributed by atoms with Crippen molar-refractivity contribution in [2.45, 2.75) is 4.21 Å². The molecule has 0 aliphatic rings. The van der Waals surface area contributed by atoms with E-state index in [1.165, 1.54) is 17.7 Å². The standard InChI is InChI=1S/C19H16N6O2S2/c26-29(27,19-5-3-11-28-19)25-15-8-6-14(7-9-15)23-17-12-18(22-13-21-17)24-16-4-1-2-10-20-16/h1-13,25H,(H2,20,21,22,23,24). The predicted molar refractivity (Wildman–Crippen MR) is 114 cm³/mol. The molecule has 0 fully saturated rings. The van der Waals surface area contributed by atoms with Crippen LogP contribution in [0.3, 0.4) is 0 Å². The van der Waals surface area contributed by atoms with Gasteiger partial charge < -0.3 is 10.6 Å². The number of hydrogen-bond acceptors (Lipinski definition) is 8. The first-order valence-electron chi connectivity index (χ1n) is 8.52. The minimum absolute atomic E-state index is 0.272. The Balaban J connectivity index is 1.43. The molecule has 146 valence electrons. The first kappa shape index (κ1) is 18.8. The normalized spacial score (nSPS) is 11.0. The summed E-state index contributed by atoms with van der Waals surface area (Å²) in [5.74, 6) is 1.87. The van der Waals surface area contributed by atoms with E-state index < -0.39 is 10.0 Å². The van der Waals surface area contributed by atoms with Crippen molar-refractivity contribution < 1.29 is 8.42 Å². The summed E-state index contributed by atoms with van der Waals surface area (Å²) in [4.78, 5) is 12.6. The van der Waals surface area contributed by atoms with Crippen molar-refractivity contribution in [1.82, 2.24) is 15.0 Å². The number of nitrogens with zero attached hydrogens (tertiary/aromatic N) is 3. The monoisotopic (exact) mass is 424 g/mol. The van der Waals surface area contributed by atoms with Crippen LogP contribution < -0.4 is 15.4 Å². The summed E-state index contributed by atoms with van der Waals surface area (Å²) in [6.07, 6.45) is 3.13. The molecule has 3 N–H and O–H groups in total. The van der Waals surface area contributed by atoms with Gasteiger partial charge in [0.15, 0.2) is 0 Å². The van der Waals surface area contributed by atoms with Gasteiger partial charge in [-0.3, -0.25) is 4.72 Å². The van der Waals surface area contributed by atoms with Crippen molar-refractivity contribution in [3.05, 3.63) is 78.6 Å². The Bertz CT molecular complexity index is 1180. The highest BCUT2D eigenvalue weighted by Gasteiger charge is 2.14. The maximum absolute atomic E-state index is 12.3. The minimum atomic E-state index is -3.56. The number of aromatic nitrogens is 3. The summed E-state index contributed by atoms with van der Waals surface area (Å²) < 4.78 is 27.4. The van der Waals surface area contributed by atoms with Gasteiger partial charge in [-0.1, -0.05) is 12.1 Å². The van der Waals surface area contributed by atoms with Crippen LogP contribution in [-0.4, -0.2) is 23.4 Å². The molecule has 29 heavy (non-hydrogen) atoms. The van der Waals surface area contributed by atoms with Gasteiger partial charge in [-0.2, -0.15) is 0 Å². The van der Waals surface area contributed by atoms with Crippen molar-refractivity contribution in [2.75, 3.05) is 15.4 Å². The molecule has 1 aromatic carbocycles. The van der Waals surface area contributed by atoms with Crippen molar-refractivity contribution in [2.24, 2.45) is 0 Å². The number of pyridine rings is 1. The molecule has 0 amide bonds. The number of thiophene rings is 1. The maximum atomic E-state index is 12.3. The molecule has 0 bridgehead atoms. The molecule has 0 unspecified atom stereocenters. The van der Waals surface area contributed by atoms with Gasteiger partial charge in [0.05, 0.1) is 0 Å². The van der Waals surface area contributed by atoms with Crippen LogP contribution in [0, 0.1) is 0 Å². The lowest BCUT2D eigenvalue weighted by Crippen LogP contribution is -2.11. The second-order valence-corrected chi connectivity index (χ2v) is 8.73. The van der Waals surface area contributed by atoms with Crippen LogP contribution in [0.1, 0.15) is 0 Å². The lowest BCUT2D eigenvalue weighted by atomic mass is 10.3. The fourth-order valence-electron chi connectivity index (χ4n) is 2.45. The molecule has 0 aliphatic carbocycles. The first-order chi connectivity index (χ1) is 14.1. The SMILES string of the molecule is O=S(=O)(Nc1ccc(Nc2cc(Nc3ccccn3)ncn2)cc1)c1cccs1. The van der Waals surface area contributed by atoms with Crippen LogP contribution in [0.15, 0.2) is 82.8 Å². The van der Waals surface area contributed by atoms with Crippen LogP contribution in [0.2, 0.25) is 0 Å². The van der Waals surface area contributed by atoms with Gasteiger partial charge in [0.25, 0.3) is 10.0 Å². The van der Waals surface area contributed by atoms with Crippen LogP contribution in [-0.2, 0) is 10.0 Å². The van der Waals surface area contributed by atoms with Crippen LogP contribution >= 0.6 is 11.3 Å². The Kier molecular flexibility index (Phi) is 5.36. The Morgan fingerprint density at radius 1 is 0.759 bits per heavy atom. The molecule has 0 saturated carbocycles. The molecule has 0 saturated heterocycles. The Labute approximate surface area is 171 Å². The average molecular weight is 425 g/mol. The highest BCUT2D eigenvalue weighted by Crippen LogP contribution is 2.23. The van der Waals surface area contributed by atoms with E-state index in [1.807, 2.05) is 18.2 Å². The number of benzene rings is 1. The summed E-state index contributed by atoms with van der Waals surface area (Å²) in [7, 11) is -3.56. The Morgan fingerprint density at radius 2 is 1.52 bits per heavy atom. The molecular weight excluding hydrogens is 408 g/mol. The fraction of sp³-hybridized carbons (Fsp3) is 0. The van der Waals surface area contributed by atoms with E-state index in [2.05, 4.69) is 30.3 Å². The lowest BCUT2D eigenvalue weighted by molar-refractivity contribution is 0.603. The Morgan fingerprint density at radius 3 is 2.21 bits per heavy atom. The molecule has 0 aliphatic heterocycles. The van der Waals surface area contributed by atoms with Gasteiger partial charge in [0.2, 0.25) is 0 Å². The Hall–Kier alpha value is -3.50. The third-order valence-corrected chi connectivity index (χ3v) is 6.54. The molecule has 8 nitrogen and oxygen atoms in total. The van der Waals surface area contributed by atoms with E-state index in [0.717, 1.165) is 5.69 Å². The van der Waals surface area contributed by atoms with Crippen molar-refractivity contribution >= 4 is 50.2 Å². The van der Waals surface area contributed by atoms with Gasteiger partial charge in [-0.25, -0.2) is 23.4 Å². The number of rotatable bonds is 7. The van der Waals surface area contributed by atoms with Crippen LogP contribution in [0.5, 0.6) is 0 Å². The highest BCUT2D eigenvalue weighted by molar-refractivity contribution is 7.94. The van der Waals surface area contributed by atoms with E-state index in [4.69, 9.17) is 0 Å². The third kappa shape index (κ3) is 4.86. The zero-order chi connectivity index (χ0) is 20.1. The summed E-state index contributed by atoms with van der Waals surface area (Å²) in [6.45, 7) is 0. The molecule has 4 aromatic rings. The second kappa shape index (κ2) is 8.25. The number of sulfonamides is 1. The molecule has 3 aromatic heterocycles. The summed E-state index contributed by atoms with van der Waals surface area (Å²) in [5, 5.41) is 7.98. The van der Waals surface area contributed by atoms with Gasteiger partial charge in [0.1, 0.15) is 28.0 Å². The lowest BCUT2D eigenvalue weighted by Gasteiger charge is -2.10. The largest absolute Gasteiger partial charge is 0.340 e. The first-order valence-corrected chi connectivity index (χ1v) is 10.9.